The average molecular weight is 289 g/mol. The van der Waals surface area contributed by atoms with E-state index in [1.165, 1.54) is 16.7 Å². The van der Waals surface area contributed by atoms with Crippen molar-refractivity contribution in [2.75, 3.05) is 7.05 Å². The average Bonchev–Trinajstić information content (AvgIpc) is 2.46. The molecule has 2 nitrogen and oxygen atoms in total. The Bertz CT molecular complexity index is 540. The minimum Gasteiger partial charge on any atom is -0.317 e. The van der Waals surface area contributed by atoms with Gasteiger partial charge in [-0.3, -0.25) is 4.98 Å². The van der Waals surface area contributed by atoms with E-state index in [9.17, 15) is 0 Å². The molecule has 0 amide bonds. The van der Waals surface area contributed by atoms with Gasteiger partial charge in [0.25, 0.3) is 0 Å². The van der Waals surface area contributed by atoms with Crippen LogP contribution in [0.15, 0.2) is 42.7 Å². The second kappa shape index (κ2) is 7.41. The van der Waals surface area contributed by atoms with E-state index in [1.54, 1.807) is 0 Å². The van der Waals surface area contributed by atoms with Crippen LogP contribution in [0.4, 0.5) is 0 Å². The van der Waals surface area contributed by atoms with Gasteiger partial charge < -0.3 is 5.32 Å². The lowest BCUT2D eigenvalue weighted by atomic mass is 9.99. The summed E-state index contributed by atoms with van der Waals surface area (Å²) in [6.07, 6.45) is 6.81. The summed E-state index contributed by atoms with van der Waals surface area (Å²) >= 11 is 6.31. The maximum atomic E-state index is 6.31. The lowest BCUT2D eigenvalue weighted by molar-refractivity contribution is 0.520. The van der Waals surface area contributed by atoms with Crippen LogP contribution in [-0.2, 0) is 12.8 Å². The van der Waals surface area contributed by atoms with Gasteiger partial charge in [0.1, 0.15) is 0 Å². The van der Waals surface area contributed by atoms with Gasteiger partial charge in [-0.25, -0.2) is 0 Å². The molecule has 1 aromatic carbocycles. The molecule has 1 atom stereocenters. The first-order valence-corrected chi connectivity index (χ1v) is 7.38. The molecular weight excluding hydrogens is 268 g/mol. The Morgan fingerprint density at radius 1 is 1.30 bits per heavy atom. The maximum Gasteiger partial charge on any atom is 0.0441 e. The predicted octanol–water partition coefficient (Wildman–Crippen LogP) is 3.81. The number of pyridine rings is 1. The zero-order valence-corrected chi connectivity index (χ0v) is 12.8. The third kappa shape index (κ3) is 4.32. The van der Waals surface area contributed by atoms with Crippen molar-refractivity contribution in [2.45, 2.75) is 32.2 Å². The van der Waals surface area contributed by atoms with E-state index < -0.39 is 0 Å². The third-order valence-corrected chi connectivity index (χ3v) is 3.94. The van der Waals surface area contributed by atoms with Gasteiger partial charge >= 0.3 is 0 Å². The first-order valence-electron chi connectivity index (χ1n) is 7.00. The number of benzene rings is 1. The molecule has 20 heavy (non-hydrogen) atoms. The number of nitrogens with one attached hydrogen (secondary N) is 1. The summed E-state index contributed by atoms with van der Waals surface area (Å²) in [5, 5.41) is 4.25. The minimum absolute atomic E-state index is 0.426. The molecule has 0 aliphatic rings. The van der Waals surface area contributed by atoms with Crippen LogP contribution < -0.4 is 5.32 Å². The van der Waals surface area contributed by atoms with Crippen LogP contribution in [0.2, 0.25) is 5.02 Å². The molecule has 106 valence electrons. The summed E-state index contributed by atoms with van der Waals surface area (Å²) < 4.78 is 0. The molecular formula is C17H21ClN2. The molecule has 1 N–H and O–H groups in total. The largest absolute Gasteiger partial charge is 0.317 e. The second-order valence-corrected chi connectivity index (χ2v) is 5.59. The van der Waals surface area contributed by atoms with Crippen molar-refractivity contribution in [3.8, 4) is 0 Å². The highest BCUT2D eigenvalue weighted by Gasteiger charge is 2.10. The van der Waals surface area contributed by atoms with Crippen molar-refractivity contribution in [1.29, 1.82) is 0 Å². The highest BCUT2D eigenvalue weighted by molar-refractivity contribution is 6.31. The summed E-state index contributed by atoms with van der Waals surface area (Å²) in [4.78, 5) is 4.15. The molecule has 3 heteroatoms. The van der Waals surface area contributed by atoms with Gasteiger partial charge in [-0.05, 0) is 62.1 Å². The van der Waals surface area contributed by atoms with Crippen LogP contribution in [0.5, 0.6) is 0 Å². The van der Waals surface area contributed by atoms with Crippen LogP contribution in [0, 0.1) is 6.92 Å². The number of rotatable bonds is 6. The SMILES string of the molecule is CNC(CCc1cccnc1)Cc1ccc(C)cc1Cl. The lowest BCUT2D eigenvalue weighted by Gasteiger charge is -2.17. The summed E-state index contributed by atoms with van der Waals surface area (Å²) in [6.45, 7) is 2.06. The van der Waals surface area contributed by atoms with Crippen molar-refractivity contribution in [3.63, 3.8) is 0 Å². The van der Waals surface area contributed by atoms with Crippen molar-refractivity contribution >= 4 is 11.6 Å². The van der Waals surface area contributed by atoms with E-state index >= 15 is 0 Å². The summed E-state index contributed by atoms with van der Waals surface area (Å²) in [5.41, 5.74) is 3.70. The van der Waals surface area contributed by atoms with Crippen molar-refractivity contribution in [1.82, 2.24) is 10.3 Å². The molecule has 0 saturated heterocycles. The van der Waals surface area contributed by atoms with Crippen LogP contribution in [-0.4, -0.2) is 18.1 Å². The van der Waals surface area contributed by atoms with Gasteiger partial charge in [-0.1, -0.05) is 29.8 Å². The Hall–Kier alpha value is -1.38. The van der Waals surface area contributed by atoms with E-state index in [1.807, 2.05) is 31.6 Å². The molecule has 1 aromatic heterocycles. The molecule has 0 radical (unpaired) electrons. The lowest BCUT2D eigenvalue weighted by Crippen LogP contribution is -2.28. The number of halogens is 1. The zero-order chi connectivity index (χ0) is 14.4. The molecule has 0 aliphatic heterocycles. The van der Waals surface area contributed by atoms with Gasteiger partial charge in [-0.15, -0.1) is 0 Å². The minimum atomic E-state index is 0.426. The molecule has 2 rings (SSSR count). The van der Waals surface area contributed by atoms with Gasteiger partial charge in [-0.2, -0.15) is 0 Å². The molecule has 2 aromatic rings. The van der Waals surface area contributed by atoms with Crippen molar-refractivity contribution in [3.05, 3.63) is 64.4 Å². The van der Waals surface area contributed by atoms with Gasteiger partial charge in [0, 0.05) is 23.5 Å². The molecule has 0 fully saturated rings. The first kappa shape index (κ1) is 15.0. The fraction of sp³-hybridized carbons (Fsp3) is 0.353. The van der Waals surface area contributed by atoms with Crippen LogP contribution >= 0.6 is 11.6 Å². The molecule has 0 saturated carbocycles. The number of hydrogen-bond donors (Lipinski definition) is 1. The smallest absolute Gasteiger partial charge is 0.0441 e. The number of nitrogens with zero attached hydrogens (tertiary/aromatic N) is 1. The van der Waals surface area contributed by atoms with Crippen molar-refractivity contribution < 1.29 is 0 Å². The summed E-state index contributed by atoms with van der Waals surface area (Å²) in [5.74, 6) is 0. The van der Waals surface area contributed by atoms with Crippen LogP contribution in [0.1, 0.15) is 23.1 Å². The van der Waals surface area contributed by atoms with E-state index in [0.717, 1.165) is 24.3 Å². The maximum absolute atomic E-state index is 6.31. The summed E-state index contributed by atoms with van der Waals surface area (Å²) in [6, 6.07) is 10.8. The van der Waals surface area contributed by atoms with Crippen molar-refractivity contribution in [2.24, 2.45) is 0 Å². The zero-order valence-electron chi connectivity index (χ0n) is 12.1. The van der Waals surface area contributed by atoms with Crippen LogP contribution in [0.3, 0.4) is 0 Å². The molecule has 0 spiro atoms. The Kier molecular flexibility index (Phi) is 5.57. The normalized spacial score (nSPS) is 12.3. The highest BCUT2D eigenvalue weighted by Crippen LogP contribution is 2.20. The molecule has 1 heterocycles. The molecule has 0 bridgehead atoms. The number of aromatic nitrogens is 1. The van der Waals surface area contributed by atoms with Gasteiger partial charge in [0.05, 0.1) is 0 Å². The topological polar surface area (TPSA) is 24.9 Å². The number of likely N-dealkylation sites (N-methyl/N-ethyl adjacent to an activating group) is 1. The number of aryl methyl sites for hydroxylation is 2. The number of hydrogen-bond acceptors (Lipinski definition) is 2. The molecule has 0 aliphatic carbocycles. The van der Waals surface area contributed by atoms with E-state index in [-0.39, 0.29) is 0 Å². The standard InChI is InChI=1S/C17H21ClN2/c1-13-5-7-15(17(18)10-13)11-16(19-2)8-6-14-4-3-9-20-12-14/h3-5,7,9-10,12,16,19H,6,8,11H2,1-2H3. The quantitative estimate of drug-likeness (QED) is 0.874. The Labute approximate surface area is 126 Å². The van der Waals surface area contributed by atoms with E-state index in [2.05, 4.69) is 35.4 Å². The fourth-order valence-corrected chi connectivity index (χ4v) is 2.63. The van der Waals surface area contributed by atoms with E-state index in [0.29, 0.717) is 6.04 Å². The van der Waals surface area contributed by atoms with Crippen LogP contribution in [0.25, 0.3) is 0 Å². The Morgan fingerprint density at radius 2 is 2.15 bits per heavy atom. The monoisotopic (exact) mass is 288 g/mol. The second-order valence-electron chi connectivity index (χ2n) is 5.18. The third-order valence-electron chi connectivity index (χ3n) is 3.59. The van der Waals surface area contributed by atoms with E-state index in [4.69, 9.17) is 11.6 Å². The highest BCUT2D eigenvalue weighted by atomic mass is 35.5. The van der Waals surface area contributed by atoms with Gasteiger partial charge in [0.15, 0.2) is 0 Å². The Morgan fingerprint density at radius 3 is 2.80 bits per heavy atom. The Balaban J connectivity index is 1.95. The van der Waals surface area contributed by atoms with Gasteiger partial charge in [0.2, 0.25) is 0 Å². The first-order chi connectivity index (χ1) is 9.69. The fourth-order valence-electron chi connectivity index (χ4n) is 2.32. The summed E-state index contributed by atoms with van der Waals surface area (Å²) in [7, 11) is 2.01. The predicted molar refractivity (Wildman–Crippen MR) is 85.3 cm³/mol. The molecule has 1 unspecified atom stereocenters.